The number of para-hydroxylation sites is 1. The summed E-state index contributed by atoms with van der Waals surface area (Å²) < 4.78 is 28.1. The number of benzene rings is 1. The standard InChI is InChI=1S/C12H13ClN4O2S/c1-16-12(9(13)7-15-16)20(18,19)17-6-5-8-3-2-4-10(14)11(8)17/h2-4,7H,5-6,14H2,1H3. The molecule has 1 aliphatic heterocycles. The van der Waals surface area contributed by atoms with Gasteiger partial charge in [-0.25, -0.2) is 0 Å². The maximum absolute atomic E-state index is 12.8. The summed E-state index contributed by atoms with van der Waals surface area (Å²) in [6.07, 6.45) is 1.95. The molecule has 0 saturated carbocycles. The Balaban J connectivity index is 2.17. The molecule has 0 bridgehead atoms. The van der Waals surface area contributed by atoms with Crippen LogP contribution in [0.1, 0.15) is 5.56 Å². The molecule has 6 nitrogen and oxygen atoms in total. The van der Waals surface area contributed by atoms with Crippen LogP contribution >= 0.6 is 11.6 Å². The Bertz CT molecular complexity index is 765. The zero-order valence-electron chi connectivity index (χ0n) is 10.7. The van der Waals surface area contributed by atoms with Crippen LogP contribution in [0.4, 0.5) is 11.4 Å². The summed E-state index contributed by atoms with van der Waals surface area (Å²) in [5.74, 6) is 0. The summed E-state index contributed by atoms with van der Waals surface area (Å²) in [5.41, 5.74) is 7.84. The quantitative estimate of drug-likeness (QED) is 0.850. The lowest BCUT2D eigenvalue weighted by Gasteiger charge is -2.21. The number of hydrogen-bond donors (Lipinski definition) is 1. The molecule has 0 unspecified atom stereocenters. The molecule has 0 atom stereocenters. The molecular weight excluding hydrogens is 300 g/mol. The monoisotopic (exact) mass is 312 g/mol. The lowest BCUT2D eigenvalue weighted by molar-refractivity contribution is 0.573. The number of hydrogen-bond acceptors (Lipinski definition) is 4. The van der Waals surface area contributed by atoms with Crippen LogP contribution in [0.5, 0.6) is 0 Å². The fourth-order valence-electron chi connectivity index (χ4n) is 2.49. The lowest BCUT2D eigenvalue weighted by Crippen LogP contribution is -2.31. The van der Waals surface area contributed by atoms with E-state index in [1.807, 2.05) is 12.1 Å². The summed E-state index contributed by atoms with van der Waals surface area (Å²) in [6, 6.07) is 5.39. The second kappa shape index (κ2) is 4.39. The molecule has 1 aromatic heterocycles. The minimum Gasteiger partial charge on any atom is -0.397 e. The van der Waals surface area contributed by atoms with Crippen molar-refractivity contribution in [3.8, 4) is 0 Å². The fourth-order valence-corrected chi connectivity index (χ4v) is 4.63. The van der Waals surface area contributed by atoms with Crippen LogP contribution in [0.3, 0.4) is 0 Å². The number of rotatable bonds is 2. The summed E-state index contributed by atoms with van der Waals surface area (Å²) >= 11 is 5.95. The van der Waals surface area contributed by atoms with E-state index in [0.717, 1.165) is 5.56 Å². The predicted octanol–water partition coefficient (Wildman–Crippen LogP) is 1.41. The Labute approximate surface area is 121 Å². The SMILES string of the molecule is Cn1ncc(Cl)c1S(=O)(=O)N1CCc2cccc(N)c21. The zero-order chi connectivity index (χ0) is 14.5. The number of sulfonamides is 1. The number of nitrogens with two attached hydrogens (primary N) is 1. The van der Waals surface area contributed by atoms with Crippen molar-refractivity contribution in [3.05, 3.63) is 35.0 Å². The Morgan fingerprint density at radius 2 is 2.15 bits per heavy atom. The largest absolute Gasteiger partial charge is 0.397 e. The van der Waals surface area contributed by atoms with Crippen LogP contribution in [0.2, 0.25) is 5.02 Å². The second-order valence-electron chi connectivity index (χ2n) is 4.60. The Hall–Kier alpha value is -1.73. The van der Waals surface area contributed by atoms with Crippen LogP contribution < -0.4 is 10.0 Å². The number of aryl methyl sites for hydroxylation is 1. The van der Waals surface area contributed by atoms with E-state index >= 15 is 0 Å². The minimum absolute atomic E-state index is 0.0183. The molecule has 2 heterocycles. The van der Waals surface area contributed by atoms with Crippen molar-refractivity contribution in [1.29, 1.82) is 0 Å². The lowest BCUT2D eigenvalue weighted by atomic mass is 10.1. The highest BCUT2D eigenvalue weighted by Gasteiger charge is 2.35. The molecule has 1 aliphatic rings. The summed E-state index contributed by atoms with van der Waals surface area (Å²) in [6.45, 7) is 0.355. The van der Waals surface area contributed by atoms with E-state index in [4.69, 9.17) is 17.3 Å². The first-order valence-electron chi connectivity index (χ1n) is 6.00. The van der Waals surface area contributed by atoms with Crippen LogP contribution in [0, 0.1) is 0 Å². The van der Waals surface area contributed by atoms with E-state index in [2.05, 4.69) is 5.10 Å². The predicted molar refractivity (Wildman–Crippen MR) is 77.3 cm³/mol. The van der Waals surface area contributed by atoms with Gasteiger partial charge in [0.1, 0.15) is 0 Å². The van der Waals surface area contributed by atoms with Crippen LogP contribution in [0.25, 0.3) is 0 Å². The topological polar surface area (TPSA) is 81.2 Å². The highest BCUT2D eigenvalue weighted by molar-refractivity contribution is 7.92. The first-order chi connectivity index (χ1) is 9.43. The average Bonchev–Trinajstić information content (AvgIpc) is 2.95. The molecule has 106 valence electrons. The van der Waals surface area contributed by atoms with Crippen LogP contribution in [-0.4, -0.2) is 24.7 Å². The third kappa shape index (κ3) is 1.77. The van der Waals surface area contributed by atoms with Gasteiger partial charge < -0.3 is 5.73 Å². The summed E-state index contributed by atoms with van der Waals surface area (Å²) in [5, 5.41) is 3.97. The van der Waals surface area contributed by atoms with E-state index in [9.17, 15) is 8.42 Å². The van der Waals surface area contributed by atoms with E-state index in [0.29, 0.717) is 24.3 Å². The molecule has 2 N–H and O–H groups in total. The van der Waals surface area contributed by atoms with Crippen molar-refractivity contribution in [2.75, 3.05) is 16.6 Å². The van der Waals surface area contributed by atoms with Gasteiger partial charge in [0.25, 0.3) is 10.0 Å². The number of aromatic nitrogens is 2. The van der Waals surface area contributed by atoms with E-state index in [1.165, 1.54) is 15.2 Å². The van der Waals surface area contributed by atoms with Gasteiger partial charge in [-0.2, -0.15) is 13.5 Å². The fraction of sp³-hybridized carbons (Fsp3) is 0.250. The normalized spacial score (nSPS) is 14.6. The minimum atomic E-state index is -3.77. The Morgan fingerprint density at radius 1 is 1.40 bits per heavy atom. The van der Waals surface area contributed by atoms with Gasteiger partial charge in [-0.05, 0) is 18.1 Å². The van der Waals surface area contributed by atoms with Crippen molar-refractivity contribution < 1.29 is 8.42 Å². The van der Waals surface area contributed by atoms with Crippen molar-refractivity contribution in [2.45, 2.75) is 11.4 Å². The molecule has 8 heteroatoms. The third-order valence-electron chi connectivity index (χ3n) is 3.36. The highest BCUT2D eigenvalue weighted by Crippen LogP contribution is 2.38. The second-order valence-corrected chi connectivity index (χ2v) is 6.79. The summed E-state index contributed by atoms with van der Waals surface area (Å²) in [4.78, 5) is 0. The van der Waals surface area contributed by atoms with Gasteiger partial charge in [-0.1, -0.05) is 23.7 Å². The van der Waals surface area contributed by atoms with Crippen molar-refractivity contribution in [1.82, 2.24) is 9.78 Å². The first kappa shape index (κ1) is 13.3. The number of halogens is 1. The Kier molecular flexibility index (Phi) is 2.91. The number of nitrogen functional groups attached to an aromatic ring is 1. The van der Waals surface area contributed by atoms with Crippen molar-refractivity contribution >= 4 is 33.0 Å². The molecule has 0 fully saturated rings. The van der Waals surface area contributed by atoms with Gasteiger partial charge in [0.2, 0.25) is 0 Å². The molecule has 3 rings (SSSR count). The molecular formula is C12H13ClN4O2S. The molecule has 20 heavy (non-hydrogen) atoms. The maximum Gasteiger partial charge on any atom is 0.283 e. The maximum atomic E-state index is 12.8. The summed E-state index contributed by atoms with van der Waals surface area (Å²) in [7, 11) is -2.23. The van der Waals surface area contributed by atoms with Crippen molar-refractivity contribution in [2.24, 2.45) is 7.05 Å². The average molecular weight is 313 g/mol. The Morgan fingerprint density at radius 3 is 2.80 bits per heavy atom. The molecule has 1 aromatic carbocycles. The van der Waals surface area contributed by atoms with Gasteiger partial charge in [0.05, 0.1) is 22.6 Å². The van der Waals surface area contributed by atoms with Gasteiger partial charge in [0.15, 0.2) is 5.03 Å². The highest BCUT2D eigenvalue weighted by atomic mass is 35.5. The van der Waals surface area contributed by atoms with E-state index < -0.39 is 10.0 Å². The molecule has 2 aromatic rings. The van der Waals surface area contributed by atoms with E-state index in [1.54, 1.807) is 13.1 Å². The number of nitrogens with zero attached hydrogens (tertiary/aromatic N) is 3. The molecule has 0 radical (unpaired) electrons. The smallest absolute Gasteiger partial charge is 0.283 e. The number of anilines is 2. The zero-order valence-corrected chi connectivity index (χ0v) is 12.3. The third-order valence-corrected chi connectivity index (χ3v) is 5.67. The van der Waals surface area contributed by atoms with Gasteiger partial charge in [-0.3, -0.25) is 8.99 Å². The molecule has 0 spiro atoms. The first-order valence-corrected chi connectivity index (χ1v) is 7.82. The molecule has 0 amide bonds. The van der Waals surface area contributed by atoms with Crippen molar-refractivity contribution in [3.63, 3.8) is 0 Å². The van der Waals surface area contributed by atoms with E-state index in [-0.39, 0.29) is 10.0 Å². The van der Waals surface area contributed by atoms with Gasteiger partial charge in [0, 0.05) is 13.6 Å². The molecule has 0 aliphatic carbocycles. The number of fused-ring (bicyclic) bond motifs is 1. The van der Waals surface area contributed by atoms with Crippen LogP contribution in [0.15, 0.2) is 29.4 Å². The van der Waals surface area contributed by atoms with Gasteiger partial charge >= 0.3 is 0 Å². The van der Waals surface area contributed by atoms with Gasteiger partial charge in [-0.15, -0.1) is 0 Å². The van der Waals surface area contributed by atoms with Crippen LogP contribution in [-0.2, 0) is 23.5 Å². The molecule has 0 saturated heterocycles.